The molecule has 0 saturated carbocycles. The minimum absolute atomic E-state index is 0.204. The van der Waals surface area contributed by atoms with Gasteiger partial charge in [-0.15, -0.1) is 0 Å². The molecule has 1 unspecified atom stereocenters. The fraction of sp³-hybridized carbons (Fsp3) is 0.667. The van der Waals surface area contributed by atoms with Crippen LogP contribution in [0.2, 0.25) is 0 Å². The Morgan fingerprint density at radius 1 is 1.65 bits per heavy atom. The van der Waals surface area contributed by atoms with E-state index in [2.05, 4.69) is 16.9 Å². The zero-order valence-corrected chi connectivity index (χ0v) is 10.2. The van der Waals surface area contributed by atoms with Gasteiger partial charge in [0.1, 0.15) is 0 Å². The van der Waals surface area contributed by atoms with E-state index in [1.54, 1.807) is 0 Å². The Kier molecular flexibility index (Phi) is 3.78. The molecule has 1 aliphatic heterocycles. The van der Waals surface area contributed by atoms with Crippen molar-refractivity contribution in [3.63, 3.8) is 0 Å². The third kappa shape index (κ3) is 3.06. The van der Waals surface area contributed by atoms with Crippen molar-refractivity contribution in [2.24, 2.45) is 5.92 Å². The molecule has 1 aliphatic rings. The predicted octanol–water partition coefficient (Wildman–Crippen LogP) is 1.20. The fourth-order valence-electron chi connectivity index (χ4n) is 2.32. The van der Waals surface area contributed by atoms with Gasteiger partial charge in [0.05, 0.1) is 12.1 Å². The summed E-state index contributed by atoms with van der Waals surface area (Å²) in [5.41, 5.74) is 1.16. The molecule has 1 saturated heterocycles. The fourth-order valence-corrected chi connectivity index (χ4v) is 2.32. The van der Waals surface area contributed by atoms with Crippen LogP contribution >= 0.6 is 0 Å². The van der Waals surface area contributed by atoms with Crippen molar-refractivity contribution in [2.75, 3.05) is 13.1 Å². The number of hydrogen-bond donors (Lipinski definition) is 1. The van der Waals surface area contributed by atoms with E-state index in [-0.39, 0.29) is 5.92 Å². The van der Waals surface area contributed by atoms with Crippen molar-refractivity contribution in [1.82, 2.24) is 14.7 Å². The summed E-state index contributed by atoms with van der Waals surface area (Å²) < 4.78 is 1.90. The van der Waals surface area contributed by atoms with E-state index in [1.807, 2.05) is 17.1 Å². The highest BCUT2D eigenvalue weighted by atomic mass is 16.4. The topological polar surface area (TPSA) is 58.4 Å². The quantitative estimate of drug-likeness (QED) is 0.855. The van der Waals surface area contributed by atoms with Gasteiger partial charge < -0.3 is 5.11 Å². The maximum absolute atomic E-state index is 11.0. The Balaban J connectivity index is 1.92. The van der Waals surface area contributed by atoms with Crippen LogP contribution in [0, 0.1) is 5.92 Å². The molecule has 2 heterocycles. The van der Waals surface area contributed by atoms with Crippen LogP contribution in [0.4, 0.5) is 0 Å². The molecule has 5 nitrogen and oxygen atoms in total. The van der Waals surface area contributed by atoms with Crippen molar-refractivity contribution < 1.29 is 9.90 Å². The van der Waals surface area contributed by atoms with Crippen LogP contribution in [-0.4, -0.2) is 38.8 Å². The SMILES string of the molecule is CCn1cc(CN2CCCC(C(=O)O)C2)cn1. The number of hydrogen-bond acceptors (Lipinski definition) is 3. The average Bonchev–Trinajstić information content (AvgIpc) is 2.77. The number of aromatic nitrogens is 2. The highest BCUT2D eigenvalue weighted by molar-refractivity contribution is 5.70. The molecule has 17 heavy (non-hydrogen) atoms. The molecule has 2 rings (SSSR count). The first kappa shape index (κ1) is 12.1. The highest BCUT2D eigenvalue weighted by Crippen LogP contribution is 2.18. The molecule has 0 aromatic carbocycles. The van der Waals surface area contributed by atoms with Crippen LogP contribution < -0.4 is 0 Å². The Morgan fingerprint density at radius 3 is 3.12 bits per heavy atom. The van der Waals surface area contributed by atoms with E-state index in [9.17, 15) is 4.79 Å². The van der Waals surface area contributed by atoms with E-state index in [1.165, 1.54) is 0 Å². The summed E-state index contributed by atoms with van der Waals surface area (Å²) in [6.45, 7) is 5.38. The van der Waals surface area contributed by atoms with E-state index in [0.29, 0.717) is 6.54 Å². The minimum atomic E-state index is -0.668. The number of carboxylic acid groups (broad SMARTS) is 1. The Bertz CT molecular complexity index is 389. The number of carboxylic acids is 1. The summed E-state index contributed by atoms with van der Waals surface area (Å²) in [7, 11) is 0. The van der Waals surface area contributed by atoms with Crippen LogP contribution in [-0.2, 0) is 17.9 Å². The number of aliphatic carboxylic acids is 1. The standard InChI is InChI=1S/C12H19N3O2/c1-2-15-8-10(6-13-15)7-14-5-3-4-11(9-14)12(16)17/h6,8,11H,2-5,7,9H2,1H3,(H,16,17). The van der Waals surface area contributed by atoms with Gasteiger partial charge in [0.2, 0.25) is 0 Å². The molecule has 5 heteroatoms. The van der Waals surface area contributed by atoms with Gasteiger partial charge in [-0.1, -0.05) is 0 Å². The van der Waals surface area contributed by atoms with Crippen molar-refractivity contribution in [3.8, 4) is 0 Å². The van der Waals surface area contributed by atoms with Crippen LogP contribution in [0.1, 0.15) is 25.3 Å². The number of nitrogens with zero attached hydrogens (tertiary/aromatic N) is 3. The number of aryl methyl sites for hydroxylation is 1. The number of carbonyl (C=O) groups is 1. The molecule has 0 bridgehead atoms. The number of likely N-dealkylation sites (tertiary alicyclic amines) is 1. The van der Waals surface area contributed by atoms with Crippen LogP contribution in [0.3, 0.4) is 0 Å². The third-order valence-electron chi connectivity index (χ3n) is 3.27. The van der Waals surface area contributed by atoms with Gasteiger partial charge in [0, 0.05) is 31.4 Å². The van der Waals surface area contributed by atoms with Crippen molar-refractivity contribution in [1.29, 1.82) is 0 Å². The Hall–Kier alpha value is -1.36. The van der Waals surface area contributed by atoms with Crippen LogP contribution in [0.15, 0.2) is 12.4 Å². The first-order valence-corrected chi connectivity index (χ1v) is 6.15. The molecule has 1 aromatic heterocycles. The van der Waals surface area contributed by atoms with Crippen molar-refractivity contribution >= 4 is 5.97 Å². The smallest absolute Gasteiger partial charge is 0.307 e. The molecule has 0 spiro atoms. The van der Waals surface area contributed by atoms with Crippen molar-refractivity contribution in [2.45, 2.75) is 32.9 Å². The monoisotopic (exact) mass is 237 g/mol. The summed E-state index contributed by atoms with van der Waals surface area (Å²) in [5.74, 6) is -0.871. The first-order chi connectivity index (χ1) is 8.19. The molecule has 1 fully saturated rings. The second-order valence-corrected chi connectivity index (χ2v) is 4.62. The second-order valence-electron chi connectivity index (χ2n) is 4.62. The lowest BCUT2D eigenvalue weighted by Crippen LogP contribution is -2.38. The molecule has 0 aliphatic carbocycles. The molecule has 1 aromatic rings. The zero-order valence-electron chi connectivity index (χ0n) is 10.2. The molecule has 0 amide bonds. The van der Waals surface area contributed by atoms with Gasteiger partial charge >= 0.3 is 5.97 Å². The van der Waals surface area contributed by atoms with E-state index in [0.717, 1.165) is 38.0 Å². The molecular weight excluding hydrogens is 218 g/mol. The lowest BCUT2D eigenvalue weighted by molar-refractivity contribution is -0.143. The van der Waals surface area contributed by atoms with Crippen LogP contribution in [0.25, 0.3) is 0 Å². The number of piperidine rings is 1. The summed E-state index contributed by atoms with van der Waals surface area (Å²) in [6, 6.07) is 0. The van der Waals surface area contributed by atoms with Crippen molar-refractivity contribution in [3.05, 3.63) is 18.0 Å². The average molecular weight is 237 g/mol. The zero-order chi connectivity index (χ0) is 12.3. The van der Waals surface area contributed by atoms with E-state index >= 15 is 0 Å². The first-order valence-electron chi connectivity index (χ1n) is 6.15. The van der Waals surface area contributed by atoms with Gasteiger partial charge in [-0.2, -0.15) is 5.10 Å². The van der Waals surface area contributed by atoms with Gasteiger partial charge in [0.25, 0.3) is 0 Å². The highest BCUT2D eigenvalue weighted by Gasteiger charge is 2.25. The predicted molar refractivity (Wildman–Crippen MR) is 63.5 cm³/mol. The normalized spacial score (nSPS) is 21.6. The molecule has 94 valence electrons. The van der Waals surface area contributed by atoms with Crippen LogP contribution in [0.5, 0.6) is 0 Å². The maximum atomic E-state index is 11.0. The van der Waals surface area contributed by atoms with Gasteiger partial charge in [-0.25, -0.2) is 0 Å². The number of rotatable bonds is 4. The second kappa shape index (κ2) is 5.31. The van der Waals surface area contributed by atoms with E-state index < -0.39 is 5.97 Å². The molecule has 1 atom stereocenters. The molecule has 0 radical (unpaired) electrons. The minimum Gasteiger partial charge on any atom is -0.481 e. The lowest BCUT2D eigenvalue weighted by atomic mass is 9.98. The molecular formula is C12H19N3O2. The molecule has 1 N–H and O–H groups in total. The summed E-state index contributed by atoms with van der Waals surface area (Å²) >= 11 is 0. The Morgan fingerprint density at radius 2 is 2.47 bits per heavy atom. The largest absolute Gasteiger partial charge is 0.481 e. The van der Waals surface area contributed by atoms with Gasteiger partial charge in [-0.05, 0) is 26.3 Å². The Labute approximate surface area is 101 Å². The maximum Gasteiger partial charge on any atom is 0.307 e. The van der Waals surface area contributed by atoms with E-state index in [4.69, 9.17) is 5.11 Å². The van der Waals surface area contributed by atoms with Gasteiger partial charge in [-0.3, -0.25) is 14.4 Å². The third-order valence-corrected chi connectivity index (χ3v) is 3.27. The summed E-state index contributed by atoms with van der Waals surface area (Å²) in [6.07, 6.45) is 5.68. The summed E-state index contributed by atoms with van der Waals surface area (Å²) in [5, 5.41) is 13.2. The lowest BCUT2D eigenvalue weighted by Gasteiger charge is -2.30. The van der Waals surface area contributed by atoms with Gasteiger partial charge in [0.15, 0.2) is 0 Å². The summed E-state index contributed by atoms with van der Waals surface area (Å²) in [4.78, 5) is 13.2.